The lowest BCUT2D eigenvalue weighted by Crippen LogP contribution is -2.41. The highest BCUT2D eigenvalue weighted by Crippen LogP contribution is 2.33. The molecule has 3 aromatic rings. The molecule has 0 saturated heterocycles. The van der Waals surface area contributed by atoms with Gasteiger partial charge in [0.15, 0.2) is 0 Å². The molecule has 1 fully saturated rings. The summed E-state index contributed by atoms with van der Waals surface area (Å²) in [5, 5.41) is 23.2. The van der Waals surface area contributed by atoms with E-state index in [1.54, 1.807) is 18.2 Å². The molecule has 6 nitrogen and oxygen atoms in total. The average molecular weight is 426 g/mol. The minimum atomic E-state index is -0.713. The van der Waals surface area contributed by atoms with Gasteiger partial charge in [0.05, 0.1) is 29.9 Å². The monoisotopic (exact) mass is 426 g/mol. The maximum atomic E-state index is 15.0. The molecule has 0 radical (unpaired) electrons. The van der Waals surface area contributed by atoms with Crippen LogP contribution in [0.5, 0.6) is 0 Å². The van der Waals surface area contributed by atoms with E-state index in [0.717, 1.165) is 25.7 Å². The van der Waals surface area contributed by atoms with Crippen molar-refractivity contribution in [3.63, 3.8) is 0 Å². The predicted molar refractivity (Wildman–Crippen MR) is 115 cm³/mol. The highest BCUT2D eigenvalue weighted by Gasteiger charge is 2.32. The predicted octanol–water partition coefficient (Wildman–Crippen LogP) is 4.19. The van der Waals surface area contributed by atoms with E-state index in [0.29, 0.717) is 22.4 Å². The Kier molecular flexibility index (Phi) is 5.81. The number of benzene rings is 1. The number of rotatable bonds is 5. The van der Waals surface area contributed by atoms with E-state index in [-0.39, 0.29) is 35.6 Å². The molecule has 1 aromatic carbocycles. The van der Waals surface area contributed by atoms with E-state index in [4.69, 9.17) is 4.42 Å². The van der Waals surface area contributed by atoms with E-state index in [1.807, 2.05) is 13.8 Å². The summed E-state index contributed by atoms with van der Waals surface area (Å²) in [4.78, 5) is 17.0. The lowest BCUT2D eigenvalue weighted by molar-refractivity contribution is -0.00257. The SMILES string of the molecule is CC(C)(O)[C@H]1CC[C@H](NC(=O)c2ccc(-c3nc(CO)cc4occc34)c(F)c2)CC1. The zero-order chi connectivity index (χ0) is 22.2. The molecule has 0 aliphatic heterocycles. The molecule has 164 valence electrons. The van der Waals surface area contributed by atoms with Gasteiger partial charge < -0.3 is 19.9 Å². The van der Waals surface area contributed by atoms with E-state index in [2.05, 4.69) is 10.3 Å². The zero-order valence-corrected chi connectivity index (χ0v) is 17.7. The number of amides is 1. The Labute approximate surface area is 180 Å². The summed E-state index contributed by atoms with van der Waals surface area (Å²) < 4.78 is 20.4. The Bertz CT molecular complexity index is 1090. The molecule has 7 heteroatoms. The second-order valence-corrected chi connectivity index (χ2v) is 8.82. The number of pyridine rings is 1. The minimum Gasteiger partial charge on any atom is -0.464 e. The van der Waals surface area contributed by atoms with Crippen LogP contribution in [-0.2, 0) is 6.61 Å². The summed E-state index contributed by atoms with van der Waals surface area (Å²) in [5.74, 6) is -0.662. The first-order chi connectivity index (χ1) is 14.8. The van der Waals surface area contributed by atoms with Gasteiger partial charge in [-0.2, -0.15) is 0 Å². The van der Waals surface area contributed by atoms with Crippen LogP contribution in [-0.4, -0.2) is 32.7 Å². The van der Waals surface area contributed by atoms with Crippen molar-refractivity contribution >= 4 is 16.9 Å². The number of nitrogens with one attached hydrogen (secondary N) is 1. The smallest absolute Gasteiger partial charge is 0.251 e. The summed E-state index contributed by atoms with van der Waals surface area (Å²) in [6, 6.07) is 7.66. The van der Waals surface area contributed by atoms with E-state index in [9.17, 15) is 19.4 Å². The van der Waals surface area contributed by atoms with Crippen LogP contribution in [0.4, 0.5) is 4.39 Å². The maximum absolute atomic E-state index is 15.0. The molecule has 1 aliphatic carbocycles. The van der Waals surface area contributed by atoms with Crippen molar-refractivity contribution in [2.24, 2.45) is 5.92 Å². The summed E-state index contributed by atoms with van der Waals surface area (Å²) in [6.45, 7) is 3.36. The molecule has 1 amide bonds. The molecule has 31 heavy (non-hydrogen) atoms. The fourth-order valence-corrected chi connectivity index (χ4v) is 4.36. The topological polar surface area (TPSA) is 95.6 Å². The van der Waals surface area contributed by atoms with Gasteiger partial charge in [0.2, 0.25) is 0 Å². The quantitative estimate of drug-likeness (QED) is 0.569. The number of fused-ring (bicyclic) bond motifs is 1. The van der Waals surface area contributed by atoms with E-state index in [1.165, 1.54) is 18.4 Å². The lowest BCUT2D eigenvalue weighted by atomic mass is 9.77. The molecule has 1 aliphatic rings. The van der Waals surface area contributed by atoms with Crippen LogP contribution in [0.15, 0.2) is 41.0 Å². The molecule has 0 spiro atoms. The van der Waals surface area contributed by atoms with Crippen molar-refractivity contribution in [2.45, 2.75) is 57.8 Å². The number of nitrogens with zero attached hydrogens (tertiary/aromatic N) is 1. The highest BCUT2D eigenvalue weighted by atomic mass is 19.1. The second kappa shape index (κ2) is 8.40. The molecule has 2 heterocycles. The standard InChI is InChI=1S/C24H27FN2O4/c1-24(2,30)15-4-6-16(7-5-15)27-23(29)14-3-8-18(20(25)11-14)22-19-9-10-31-21(19)12-17(13-28)26-22/h3,8-12,15-16,28,30H,4-7,13H2,1-2H3,(H,27,29)/t15-,16-. The third-order valence-corrected chi connectivity index (χ3v) is 6.21. The van der Waals surface area contributed by atoms with E-state index < -0.39 is 11.4 Å². The van der Waals surface area contributed by atoms with Gasteiger partial charge in [-0.3, -0.25) is 4.79 Å². The summed E-state index contributed by atoms with van der Waals surface area (Å²) in [7, 11) is 0. The van der Waals surface area contributed by atoms with Gasteiger partial charge in [-0.25, -0.2) is 9.37 Å². The Morgan fingerprint density at radius 2 is 1.97 bits per heavy atom. The molecule has 4 rings (SSSR count). The number of furan rings is 1. The zero-order valence-electron chi connectivity index (χ0n) is 17.7. The van der Waals surface area contributed by atoms with Crippen LogP contribution < -0.4 is 5.32 Å². The fourth-order valence-electron chi connectivity index (χ4n) is 4.36. The van der Waals surface area contributed by atoms with Crippen molar-refractivity contribution in [2.75, 3.05) is 0 Å². The van der Waals surface area contributed by atoms with Gasteiger partial charge in [0, 0.05) is 28.6 Å². The van der Waals surface area contributed by atoms with Crippen LogP contribution in [0.1, 0.15) is 55.6 Å². The van der Waals surface area contributed by atoms with Crippen molar-refractivity contribution in [1.82, 2.24) is 10.3 Å². The number of aliphatic hydroxyl groups is 2. The maximum Gasteiger partial charge on any atom is 0.251 e. The Morgan fingerprint density at radius 3 is 2.61 bits per heavy atom. The molecular formula is C24H27FN2O4. The second-order valence-electron chi connectivity index (χ2n) is 8.82. The van der Waals surface area contributed by atoms with Crippen molar-refractivity contribution in [1.29, 1.82) is 0 Å². The molecular weight excluding hydrogens is 399 g/mol. The van der Waals surface area contributed by atoms with Gasteiger partial charge in [0.1, 0.15) is 11.4 Å². The molecule has 1 saturated carbocycles. The number of hydrogen-bond donors (Lipinski definition) is 3. The molecule has 3 N–H and O–H groups in total. The fraction of sp³-hybridized carbons (Fsp3) is 0.417. The minimum absolute atomic E-state index is 0.0160. The van der Waals surface area contributed by atoms with Crippen LogP contribution >= 0.6 is 0 Å². The average Bonchev–Trinajstić information content (AvgIpc) is 3.21. The third kappa shape index (κ3) is 4.48. The van der Waals surface area contributed by atoms with Gasteiger partial charge >= 0.3 is 0 Å². The highest BCUT2D eigenvalue weighted by molar-refractivity contribution is 5.96. The van der Waals surface area contributed by atoms with Crippen molar-refractivity contribution in [3.05, 3.63) is 53.7 Å². The van der Waals surface area contributed by atoms with Crippen LogP contribution in [0, 0.1) is 11.7 Å². The van der Waals surface area contributed by atoms with Gasteiger partial charge in [-0.1, -0.05) is 0 Å². The summed E-state index contributed by atoms with van der Waals surface area (Å²) in [5.41, 5.74) is 1.02. The number of hydrogen-bond acceptors (Lipinski definition) is 5. The van der Waals surface area contributed by atoms with Gasteiger partial charge in [-0.05, 0) is 69.7 Å². The summed E-state index contributed by atoms with van der Waals surface area (Å²) >= 11 is 0. The number of aromatic nitrogens is 1. The Hall–Kier alpha value is -2.77. The van der Waals surface area contributed by atoms with E-state index >= 15 is 0 Å². The Balaban J connectivity index is 1.51. The van der Waals surface area contributed by atoms with Gasteiger partial charge in [0.25, 0.3) is 5.91 Å². The Morgan fingerprint density at radius 1 is 1.23 bits per heavy atom. The first-order valence-electron chi connectivity index (χ1n) is 10.6. The molecule has 0 atom stereocenters. The number of carbonyl (C=O) groups is 1. The number of aliphatic hydroxyl groups excluding tert-OH is 1. The number of carbonyl (C=O) groups excluding carboxylic acids is 1. The largest absolute Gasteiger partial charge is 0.464 e. The first-order valence-corrected chi connectivity index (χ1v) is 10.6. The summed E-state index contributed by atoms with van der Waals surface area (Å²) in [6.07, 6.45) is 4.75. The lowest BCUT2D eigenvalue weighted by Gasteiger charge is -2.36. The van der Waals surface area contributed by atoms with Gasteiger partial charge in [-0.15, -0.1) is 0 Å². The molecule has 0 bridgehead atoms. The molecule has 2 aromatic heterocycles. The van der Waals surface area contributed by atoms with Crippen molar-refractivity contribution < 1.29 is 23.8 Å². The normalized spacial score (nSPS) is 19.5. The third-order valence-electron chi connectivity index (χ3n) is 6.21. The van der Waals surface area contributed by atoms with Crippen molar-refractivity contribution in [3.8, 4) is 11.3 Å². The molecule has 0 unspecified atom stereocenters. The first kappa shape index (κ1) is 21.5. The van der Waals surface area contributed by atoms with Crippen LogP contribution in [0.3, 0.4) is 0 Å². The number of halogens is 1. The van der Waals surface area contributed by atoms with Crippen LogP contribution in [0.2, 0.25) is 0 Å². The van der Waals surface area contributed by atoms with Crippen LogP contribution in [0.25, 0.3) is 22.2 Å².